The van der Waals surface area contributed by atoms with Gasteiger partial charge in [-0.25, -0.2) is 4.39 Å². The molecule has 1 aromatic heterocycles. The van der Waals surface area contributed by atoms with E-state index in [0.29, 0.717) is 13.0 Å². The highest BCUT2D eigenvalue weighted by Crippen LogP contribution is 2.33. The van der Waals surface area contributed by atoms with Crippen LogP contribution in [0.25, 0.3) is 11.3 Å². The standard InChI is InChI=1S/C20H16ClFN2O3/c1-11-17(19(24-27-11)18-14(21)6-4-7-15(18)22)20(25)23-10-13-9-12-5-2-3-8-16(12)26-13/h2-8,13H,9-10H2,1H3,(H,23,25)/t13-/m0/s1. The molecule has 0 radical (unpaired) electrons. The van der Waals surface area contributed by atoms with Crippen LogP contribution in [0.5, 0.6) is 5.75 Å². The van der Waals surface area contributed by atoms with E-state index < -0.39 is 11.7 Å². The normalized spacial score (nSPS) is 15.3. The number of ether oxygens (including phenoxy) is 1. The average Bonchev–Trinajstić information content (AvgIpc) is 3.23. The summed E-state index contributed by atoms with van der Waals surface area (Å²) in [5.41, 5.74) is 1.41. The Morgan fingerprint density at radius 2 is 2.11 bits per heavy atom. The molecule has 2 heterocycles. The Kier molecular flexibility index (Phi) is 4.58. The number of carbonyl (C=O) groups excluding carboxylic acids is 1. The molecule has 138 valence electrons. The first kappa shape index (κ1) is 17.5. The van der Waals surface area contributed by atoms with E-state index in [1.807, 2.05) is 24.3 Å². The summed E-state index contributed by atoms with van der Waals surface area (Å²) >= 11 is 6.11. The molecule has 4 rings (SSSR count). The largest absolute Gasteiger partial charge is 0.488 e. The second-order valence-corrected chi connectivity index (χ2v) is 6.73. The lowest BCUT2D eigenvalue weighted by atomic mass is 10.0. The van der Waals surface area contributed by atoms with Crippen molar-refractivity contribution in [2.45, 2.75) is 19.4 Å². The third kappa shape index (κ3) is 3.28. The first-order valence-electron chi connectivity index (χ1n) is 8.48. The molecule has 1 N–H and O–H groups in total. The number of carbonyl (C=O) groups is 1. The van der Waals surface area contributed by atoms with Crippen LogP contribution in [0.2, 0.25) is 5.02 Å². The van der Waals surface area contributed by atoms with Crippen LogP contribution in [0.3, 0.4) is 0 Å². The smallest absolute Gasteiger partial charge is 0.257 e. The van der Waals surface area contributed by atoms with E-state index in [0.717, 1.165) is 11.3 Å². The van der Waals surface area contributed by atoms with Crippen molar-refractivity contribution in [3.63, 3.8) is 0 Å². The van der Waals surface area contributed by atoms with Crippen molar-refractivity contribution < 1.29 is 18.4 Å². The van der Waals surface area contributed by atoms with Gasteiger partial charge in [0.15, 0.2) is 0 Å². The number of nitrogens with one attached hydrogen (secondary N) is 1. The second kappa shape index (κ2) is 7.04. The SMILES string of the molecule is Cc1onc(-c2c(F)cccc2Cl)c1C(=O)NC[C@@H]1Cc2ccccc2O1. The Morgan fingerprint density at radius 1 is 1.30 bits per heavy atom. The molecular weight excluding hydrogens is 371 g/mol. The van der Waals surface area contributed by atoms with E-state index in [1.165, 1.54) is 18.2 Å². The van der Waals surface area contributed by atoms with Gasteiger partial charge in [-0.2, -0.15) is 0 Å². The number of hydrogen-bond acceptors (Lipinski definition) is 4. The van der Waals surface area contributed by atoms with Gasteiger partial charge in [-0.1, -0.05) is 41.0 Å². The first-order chi connectivity index (χ1) is 13.0. The number of fused-ring (bicyclic) bond motifs is 1. The van der Waals surface area contributed by atoms with Crippen LogP contribution in [0.15, 0.2) is 47.0 Å². The van der Waals surface area contributed by atoms with Gasteiger partial charge < -0.3 is 14.6 Å². The highest BCUT2D eigenvalue weighted by atomic mass is 35.5. The van der Waals surface area contributed by atoms with Crippen molar-refractivity contribution in [1.82, 2.24) is 10.5 Å². The van der Waals surface area contributed by atoms with Gasteiger partial charge in [0, 0.05) is 6.42 Å². The van der Waals surface area contributed by atoms with Crippen molar-refractivity contribution in [2.75, 3.05) is 6.54 Å². The summed E-state index contributed by atoms with van der Waals surface area (Å²) in [6, 6.07) is 12.0. The van der Waals surface area contributed by atoms with Crippen LogP contribution in [-0.4, -0.2) is 23.7 Å². The van der Waals surface area contributed by atoms with Gasteiger partial charge >= 0.3 is 0 Å². The zero-order chi connectivity index (χ0) is 19.0. The van der Waals surface area contributed by atoms with Crippen LogP contribution in [0, 0.1) is 12.7 Å². The van der Waals surface area contributed by atoms with Crippen LogP contribution in [0.1, 0.15) is 21.7 Å². The topological polar surface area (TPSA) is 64.4 Å². The second-order valence-electron chi connectivity index (χ2n) is 6.32. The molecule has 2 aromatic carbocycles. The highest BCUT2D eigenvalue weighted by molar-refractivity contribution is 6.33. The van der Waals surface area contributed by atoms with E-state index in [9.17, 15) is 9.18 Å². The Labute approximate surface area is 160 Å². The Bertz CT molecular complexity index is 973. The number of amides is 1. The van der Waals surface area contributed by atoms with Gasteiger partial charge in [0.2, 0.25) is 0 Å². The quantitative estimate of drug-likeness (QED) is 0.730. The minimum absolute atomic E-state index is 0.0469. The molecule has 0 fully saturated rings. The number of hydrogen-bond donors (Lipinski definition) is 1. The van der Waals surface area contributed by atoms with E-state index >= 15 is 0 Å². The lowest BCUT2D eigenvalue weighted by Crippen LogP contribution is -2.34. The maximum atomic E-state index is 14.3. The van der Waals surface area contributed by atoms with E-state index in [1.54, 1.807) is 6.92 Å². The maximum absolute atomic E-state index is 14.3. The molecule has 0 aliphatic carbocycles. The van der Waals surface area contributed by atoms with Gasteiger partial charge in [0.05, 0.1) is 17.1 Å². The van der Waals surface area contributed by atoms with E-state index in [4.69, 9.17) is 20.9 Å². The molecular formula is C20H16ClFN2O3. The van der Waals surface area contributed by atoms with E-state index in [-0.39, 0.29) is 33.7 Å². The number of benzene rings is 2. The van der Waals surface area contributed by atoms with Crippen LogP contribution in [-0.2, 0) is 6.42 Å². The number of nitrogens with zero attached hydrogens (tertiary/aromatic N) is 1. The fourth-order valence-electron chi connectivity index (χ4n) is 3.20. The number of halogens is 2. The number of rotatable bonds is 4. The fourth-order valence-corrected chi connectivity index (χ4v) is 3.45. The first-order valence-corrected chi connectivity index (χ1v) is 8.86. The summed E-state index contributed by atoms with van der Waals surface area (Å²) in [6.45, 7) is 1.91. The van der Waals surface area contributed by atoms with Crippen molar-refractivity contribution in [3.8, 4) is 17.0 Å². The lowest BCUT2D eigenvalue weighted by Gasteiger charge is -2.12. The lowest BCUT2D eigenvalue weighted by molar-refractivity contribution is 0.0932. The molecule has 0 bridgehead atoms. The molecule has 0 spiro atoms. The molecule has 1 amide bonds. The number of aryl methyl sites for hydroxylation is 1. The van der Waals surface area contributed by atoms with Gasteiger partial charge in [-0.05, 0) is 30.7 Å². The zero-order valence-electron chi connectivity index (χ0n) is 14.5. The third-order valence-corrected chi connectivity index (χ3v) is 4.81. The van der Waals surface area contributed by atoms with E-state index in [2.05, 4.69) is 10.5 Å². The monoisotopic (exact) mass is 386 g/mol. The van der Waals surface area contributed by atoms with Gasteiger partial charge in [-0.15, -0.1) is 0 Å². The minimum Gasteiger partial charge on any atom is -0.488 e. The van der Waals surface area contributed by atoms with Gasteiger partial charge in [0.1, 0.15) is 34.7 Å². The number of para-hydroxylation sites is 1. The van der Waals surface area contributed by atoms with Gasteiger partial charge in [0.25, 0.3) is 5.91 Å². The fraction of sp³-hybridized carbons (Fsp3) is 0.200. The van der Waals surface area contributed by atoms with Crippen molar-refractivity contribution in [3.05, 3.63) is 70.2 Å². The van der Waals surface area contributed by atoms with Crippen LogP contribution in [0.4, 0.5) is 4.39 Å². The third-order valence-electron chi connectivity index (χ3n) is 4.49. The summed E-state index contributed by atoms with van der Waals surface area (Å²) in [5, 5.41) is 6.83. The van der Waals surface area contributed by atoms with Crippen LogP contribution < -0.4 is 10.1 Å². The highest BCUT2D eigenvalue weighted by Gasteiger charge is 2.27. The molecule has 1 aliphatic heterocycles. The Balaban J connectivity index is 1.53. The predicted octanol–water partition coefficient (Wildman–Crippen LogP) is 4.18. The predicted molar refractivity (Wildman–Crippen MR) is 98.5 cm³/mol. The maximum Gasteiger partial charge on any atom is 0.257 e. The molecule has 3 aromatic rings. The molecule has 5 nitrogen and oxygen atoms in total. The van der Waals surface area contributed by atoms with Crippen molar-refractivity contribution >= 4 is 17.5 Å². The molecule has 1 aliphatic rings. The number of aromatic nitrogens is 1. The molecule has 0 unspecified atom stereocenters. The Hall–Kier alpha value is -2.86. The summed E-state index contributed by atoms with van der Waals surface area (Å²) in [4.78, 5) is 12.7. The van der Waals surface area contributed by atoms with Crippen LogP contribution >= 0.6 is 11.6 Å². The van der Waals surface area contributed by atoms with Crippen molar-refractivity contribution in [1.29, 1.82) is 0 Å². The Morgan fingerprint density at radius 3 is 2.89 bits per heavy atom. The summed E-state index contributed by atoms with van der Waals surface area (Å²) in [7, 11) is 0. The summed E-state index contributed by atoms with van der Waals surface area (Å²) in [5.74, 6) is 0.135. The molecule has 0 saturated carbocycles. The summed E-state index contributed by atoms with van der Waals surface area (Å²) < 4.78 is 25.2. The zero-order valence-corrected chi connectivity index (χ0v) is 15.2. The minimum atomic E-state index is -0.570. The van der Waals surface area contributed by atoms with Crippen molar-refractivity contribution in [2.24, 2.45) is 0 Å². The molecule has 0 saturated heterocycles. The molecule has 1 atom stereocenters. The molecule has 7 heteroatoms. The summed E-state index contributed by atoms with van der Waals surface area (Å²) in [6.07, 6.45) is 0.553. The average molecular weight is 387 g/mol. The van der Waals surface area contributed by atoms with Gasteiger partial charge in [-0.3, -0.25) is 4.79 Å². The molecule has 27 heavy (non-hydrogen) atoms.